The summed E-state index contributed by atoms with van der Waals surface area (Å²) in [4.78, 5) is 22.2. The first-order valence-corrected chi connectivity index (χ1v) is 19.5. The monoisotopic (exact) mass is 635 g/mol. The summed E-state index contributed by atoms with van der Waals surface area (Å²) in [6, 6.07) is 0. The Bertz CT molecular complexity index is 638. The molecule has 0 aromatic rings. The van der Waals surface area contributed by atoms with E-state index in [1.54, 1.807) is 0 Å². The summed E-state index contributed by atoms with van der Waals surface area (Å²) in [7, 11) is -4.25. The molecule has 0 aliphatic carbocycles. The number of ether oxygens (including phenoxy) is 2. The van der Waals surface area contributed by atoms with E-state index in [0.717, 1.165) is 32.1 Å². The van der Waals surface area contributed by atoms with Gasteiger partial charge in [0.25, 0.3) is 0 Å². The number of hydrogen-bond acceptors (Lipinski definition) is 7. The molecule has 0 saturated heterocycles. The van der Waals surface area contributed by atoms with Crippen molar-refractivity contribution in [1.82, 2.24) is 0 Å². The van der Waals surface area contributed by atoms with Crippen molar-refractivity contribution in [3.63, 3.8) is 0 Å². The van der Waals surface area contributed by atoms with E-state index in [2.05, 4.69) is 13.8 Å². The van der Waals surface area contributed by atoms with Gasteiger partial charge in [-0.15, -0.1) is 0 Å². The summed E-state index contributed by atoms with van der Waals surface area (Å²) >= 11 is 0. The highest BCUT2D eigenvalue weighted by molar-refractivity contribution is 7.47. The number of unbranched alkanes of at least 4 members (excludes halogenated alkanes) is 22. The maximum Gasteiger partial charge on any atom is 0.472 e. The molecule has 0 heterocycles. The van der Waals surface area contributed by atoms with Gasteiger partial charge in [0, 0.05) is 19.6 Å². The van der Waals surface area contributed by atoms with E-state index in [-0.39, 0.29) is 32.3 Å². The first kappa shape index (κ1) is 42.5. The highest BCUT2D eigenvalue weighted by Crippen LogP contribution is 2.43. The number of nitrogens with two attached hydrogens (primary N) is 1. The van der Waals surface area contributed by atoms with Crippen molar-refractivity contribution in [3.05, 3.63) is 0 Å². The van der Waals surface area contributed by atoms with Gasteiger partial charge in [-0.1, -0.05) is 155 Å². The molecule has 0 amide bonds. The van der Waals surface area contributed by atoms with Gasteiger partial charge in [-0.25, -0.2) is 4.57 Å². The fourth-order valence-corrected chi connectivity index (χ4v) is 5.88. The van der Waals surface area contributed by atoms with Gasteiger partial charge in [0.05, 0.1) is 19.8 Å². The van der Waals surface area contributed by atoms with Crippen molar-refractivity contribution in [3.8, 4) is 0 Å². The van der Waals surface area contributed by atoms with Gasteiger partial charge in [-0.05, 0) is 12.8 Å². The number of esters is 1. The van der Waals surface area contributed by atoms with E-state index in [4.69, 9.17) is 24.3 Å². The van der Waals surface area contributed by atoms with Gasteiger partial charge >= 0.3 is 13.8 Å². The summed E-state index contributed by atoms with van der Waals surface area (Å²) in [5, 5.41) is 0. The molecule has 2 atom stereocenters. The molecule has 0 aliphatic rings. The van der Waals surface area contributed by atoms with Gasteiger partial charge in [0.2, 0.25) is 0 Å². The molecule has 9 heteroatoms. The maximum absolute atomic E-state index is 12.4. The molecule has 0 aromatic heterocycles. The minimum absolute atomic E-state index is 0.0908. The summed E-state index contributed by atoms with van der Waals surface area (Å²) in [5.74, 6) is -0.332. The van der Waals surface area contributed by atoms with Crippen LogP contribution in [0.3, 0.4) is 0 Å². The molecule has 0 saturated carbocycles. The van der Waals surface area contributed by atoms with Crippen LogP contribution in [0, 0.1) is 0 Å². The van der Waals surface area contributed by atoms with E-state index in [1.807, 2.05) is 0 Å². The SMILES string of the molecule is CCCCCCCCCCCCCCCCCCOC[C@H](COP(=O)(O)OCCN)OC(=O)CCCCCCCCCC. The molecular weight excluding hydrogens is 565 g/mol. The second-order valence-electron chi connectivity index (χ2n) is 12.1. The Morgan fingerprint density at radius 1 is 0.605 bits per heavy atom. The number of rotatable bonds is 35. The Labute approximate surface area is 265 Å². The predicted molar refractivity (Wildman–Crippen MR) is 178 cm³/mol. The van der Waals surface area contributed by atoms with Crippen LogP contribution in [0.15, 0.2) is 0 Å². The third kappa shape index (κ3) is 32.7. The highest BCUT2D eigenvalue weighted by atomic mass is 31.2. The molecule has 0 radical (unpaired) electrons. The van der Waals surface area contributed by atoms with Crippen molar-refractivity contribution in [2.24, 2.45) is 5.73 Å². The van der Waals surface area contributed by atoms with E-state index in [9.17, 15) is 14.3 Å². The second-order valence-corrected chi connectivity index (χ2v) is 13.6. The minimum atomic E-state index is -4.25. The number of phosphoric acid groups is 1. The molecule has 0 rings (SSSR count). The van der Waals surface area contributed by atoms with Gasteiger partial charge in [-0.3, -0.25) is 13.8 Å². The molecular formula is C34H70NO7P. The van der Waals surface area contributed by atoms with Gasteiger partial charge in [0.1, 0.15) is 6.10 Å². The standard InChI is InChI=1S/C34H70NO7P/c1-3-5-7-9-11-13-14-15-16-17-18-19-20-22-24-26-29-39-31-33(32-41-43(37,38)40-30-28-35)42-34(36)27-25-23-21-12-10-8-6-4-2/h33H,3-32,35H2,1-2H3,(H,37,38)/t33-/m1/s1. The molecule has 0 aliphatic heterocycles. The average molecular weight is 636 g/mol. The van der Waals surface area contributed by atoms with Crippen LogP contribution in [-0.2, 0) is 27.9 Å². The zero-order valence-corrected chi connectivity index (χ0v) is 29.1. The van der Waals surface area contributed by atoms with Crippen molar-refractivity contribution < 1.29 is 32.8 Å². The largest absolute Gasteiger partial charge is 0.472 e. The van der Waals surface area contributed by atoms with Crippen LogP contribution in [0.25, 0.3) is 0 Å². The predicted octanol–water partition coefficient (Wildman–Crippen LogP) is 9.80. The highest BCUT2D eigenvalue weighted by Gasteiger charge is 2.25. The van der Waals surface area contributed by atoms with Crippen LogP contribution in [0.4, 0.5) is 0 Å². The van der Waals surface area contributed by atoms with Crippen molar-refractivity contribution >= 4 is 13.8 Å². The molecule has 0 aromatic carbocycles. The zero-order valence-electron chi connectivity index (χ0n) is 28.2. The number of hydrogen-bond donors (Lipinski definition) is 2. The van der Waals surface area contributed by atoms with Gasteiger partial charge in [0.15, 0.2) is 0 Å². The lowest BCUT2D eigenvalue weighted by molar-refractivity contribution is -0.154. The maximum atomic E-state index is 12.4. The lowest BCUT2D eigenvalue weighted by atomic mass is 10.0. The van der Waals surface area contributed by atoms with Crippen LogP contribution < -0.4 is 5.73 Å². The third-order valence-electron chi connectivity index (χ3n) is 7.77. The molecule has 1 unspecified atom stereocenters. The third-order valence-corrected chi connectivity index (χ3v) is 8.76. The Morgan fingerprint density at radius 3 is 1.47 bits per heavy atom. The first-order chi connectivity index (χ1) is 20.9. The summed E-state index contributed by atoms with van der Waals surface area (Å²) < 4.78 is 33.2. The molecule has 3 N–H and O–H groups in total. The van der Waals surface area contributed by atoms with Crippen molar-refractivity contribution in [2.75, 3.05) is 33.0 Å². The number of carbonyl (C=O) groups excluding carboxylic acids is 1. The second kappa shape index (κ2) is 32.9. The Hall–Kier alpha value is -0.500. The fourth-order valence-electron chi connectivity index (χ4n) is 5.11. The van der Waals surface area contributed by atoms with Crippen LogP contribution in [0.5, 0.6) is 0 Å². The molecule has 43 heavy (non-hydrogen) atoms. The Balaban J connectivity index is 3.99. The lowest BCUT2D eigenvalue weighted by Gasteiger charge is -2.20. The Morgan fingerprint density at radius 2 is 1.02 bits per heavy atom. The van der Waals surface area contributed by atoms with Crippen LogP contribution in [0.2, 0.25) is 0 Å². The summed E-state index contributed by atoms with van der Waals surface area (Å²) in [6.07, 6.45) is 29.8. The van der Waals surface area contributed by atoms with E-state index >= 15 is 0 Å². The topological polar surface area (TPSA) is 117 Å². The van der Waals surface area contributed by atoms with E-state index in [1.165, 1.54) is 122 Å². The smallest absolute Gasteiger partial charge is 0.457 e. The fraction of sp³-hybridized carbons (Fsp3) is 0.971. The molecule has 0 spiro atoms. The summed E-state index contributed by atoms with van der Waals surface area (Å²) in [5.41, 5.74) is 5.33. The van der Waals surface area contributed by atoms with Crippen molar-refractivity contribution in [2.45, 2.75) is 180 Å². The molecule has 0 fully saturated rings. The number of phosphoric ester groups is 1. The van der Waals surface area contributed by atoms with E-state index in [0.29, 0.717) is 13.0 Å². The Kier molecular flexibility index (Phi) is 32.5. The average Bonchev–Trinajstić information content (AvgIpc) is 2.99. The molecule has 8 nitrogen and oxygen atoms in total. The summed E-state index contributed by atoms with van der Waals surface area (Å²) in [6.45, 7) is 4.92. The van der Waals surface area contributed by atoms with Crippen molar-refractivity contribution in [1.29, 1.82) is 0 Å². The normalized spacial score (nSPS) is 13.7. The van der Waals surface area contributed by atoms with Gasteiger partial charge < -0.3 is 20.1 Å². The number of carbonyl (C=O) groups is 1. The van der Waals surface area contributed by atoms with Crippen LogP contribution in [-0.4, -0.2) is 49.9 Å². The first-order valence-electron chi connectivity index (χ1n) is 18.0. The van der Waals surface area contributed by atoms with Crippen LogP contribution >= 0.6 is 7.82 Å². The minimum Gasteiger partial charge on any atom is -0.457 e. The van der Waals surface area contributed by atoms with E-state index < -0.39 is 13.9 Å². The van der Waals surface area contributed by atoms with Gasteiger partial charge in [-0.2, -0.15) is 0 Å². The molecule has 0 bridgehead atoms. The molecule has 258 valence electrons. The quantitative estimate of drug-likeness (QED) is 0.0401. The lowest BCUT2D eigenvalue weighted by Crippen LogP contribution is -2.28. The van der Waals surface area contributed by atoms with Crippen LogP contribution in [0.1, 0.15) is 174 Å². The zero-order chi connectivity index (χ0) is 31.7.